The van der Waals surface area contributed by atoms with Crippen molar-refractivity contribution >= 4 is 5.52 Å². The molecule has 3 rings (SSSR count). The fourth-order valence-corrected chi connectivity index (χ4v) is 2.54. The molecule has 1 aliphatic heterocycles. The Bertz CT molecular complexity index is 521. The van der Waals surface area contributed by atoms with E-state index in [2.05, 4.69) is 41.9 Å². The maximum atomic E-state index is 4.71. The number of pyridine rings is 1. The summed E-state index contributed by atoms with van der Waals surface area (Å²) in [6, 6.07) is 4.80. The average Bonchev–Trinajstić information content (AvgIpc) is 2.87. The number of hydrogen-bond acceptors (Lipinski definition) is 2. The number of nitrogens with zero attached hydrogens (tertiary/aromatic N) is 2. The van der Waals surface area contributed by atoms with Crippen molar-refractivity contribution in [3.05, 3.63) is 35.4 Å². The van der Waals surface area contributed by atoms with Crippen LogP contribution in [0.4, 0.5) is 0 Å². The van der Waals surface area contributed by atoms with Crippen LogP contribution >= 0.6 is 0 Å². The van der Waals surface area contributed by atoms with Gasteiger partial charge in [0.25, 0.3) is 0 Å². The van der Waals surface area contributed by atoms with Gasteiger partial charge in [0.05, 0.1) is 17.3 Å². The van der Waals surface area contributed by atoms with Crippen LogP contribution in [0, 0.1) is 13.8 Å². The number of hydrogen-bond donors (Lipinski definition) is 1. The van der Waals surface area contributed by atoms with Gasteiger partial charge in [0.15, 0.2) is 0 Å². The zero-order chi connectivity index (χ0) is 11.1. The van der Waals surface area contributed by atoms with Gasteiger partial charge in [0.2, 0.25) is 0 Å². The number of aromatic nitrogens is 2. The van der Waals surface area contributed by atoms with Crippen LogP contribution in [-0.4, -0.2) is 15.9 Å². The van der Waals surface area contributed by atoms with Gasteiger partial charge in [-0.2, -0.15) is 0 Å². The van der Waals surface area contributed by atoms with Gasteiger partial charge < -0.3 is 9.72 Å². The maximum absolute atomic E-state index is 4.71. The fourth-order valence-electron chi connectivity index (χ4n) is 2.54. The van der Waals surface area contributed by atoms with Crippen molar-refractivity contribution in [1.82, 2.24) is 14.7 Å². The van der Waals surface area contributed by atoms with Crippen molar-refractivity contribution in [3.63, 3.8) is 0 Å². The second kappa shape index (κ2) is 3.59. The second-order valence-corrected chi connectivity index (χ2v) is 4.65. The van der Waals surface area contributed by atoms with E-state index < -0.39 is 0 Å². The molecule has 3 heteroatoms. The molecule has 2 aromatic rings. The minimum atomic E-state index is 0.450. The summed E-state index contributed by atoms with van der Waals surface area (Å²) in [5.74, 6) is 1.09. The molecule has 1 fully saturated rings. The van der Waals surface area contributed by atoms with Crippen LogP contribution in [0.2, 0.25) is 0 Å². The van der Waals surface area contributed by atoms with Crippen molar-refractivity contribution < 1.29 is 0 Å². The van der Waals surface area contributed by atoms with Gasteiger partial charge in [0, 0.05) is 6.20 Å². The smallest absolute Gasteiger partial charge is 0.110 e. The van der Waals surface area contributed by atoms with Gasteiger partial charge in [-0.3, -0.25) is 0 Å². The largest absolute Gasteiger partial charge is 0.309 e. The van der Waals surface area contributed by atoms with Crippen LogP contribution in [0.1, 0.15) is 36.0 Å². The lowest BCUT2D eigenvalue weighted by atomic mass is 10.1. The van der Waals surface area contributed by atoms with Gasteiger partial charge in [-0.25, -0.2) is 4.98 Å². The summed E-state index contributed by atoms with van der Waals surface area (Å²) in [6.07, 6.45) is 4.63. The van der Waals surface area contributed by atoms with Crippen LogP contribution in [0.5, 0.6) is 0 Å². The Morgan fingerprint density at radius 2 is 2.25 bits per heavy atom. The summed E-state index contributed by atoms with van der Waals surface area (Å²) >= 11 is 0. The molecule has 3 heterocycles. The second-order valence-electron chi connectivity index (χ2n) is 4.65. The standard InChI is InChI=1S/C13H17N3/c1-9-5-6-12-13(11-4-3-7-14-11)15-10(2)16(12)8-9/h5-6,8,11,14H,3-4,7H2,1-2H3. The molecule has 3 nitrogen and oxygen atoms in total. The minimum absolute atomic E-state index is 0.450. The molecule has 0 bridgehead atoms. The molecule has 0 aromatic carbocycles. The van der Waals surface area contributed by atoms with Crippen LogP contribution in [-0.2, 0) is 0 Å². The van der Waals surface area contributed by atoms with Crippen LogP contribution in [0.15, 0.2) is 18.3 Å². The Balaban J connectivity index is 2.18. The highest BCUT2D eigenvalue weighted by molar-refractivity contribution is 5.55. The predicted molar refractivity (Wildman–Crippen MR) is 64.6 cm³/mol. The summed E-state index contributed by atoms with van der Waals surface area (Å²) in [6.45, 7) is 5.31. The van der Waals surface area contributed by atoms with Crippen LogP contribution < -0.4 is 5.32 Å². The van der Waals surface area contributed by atoms with Gasteiger partial charge in [-0.05, 0) is 44.9 Å². The summed E-state index contributed by atoms with van der Waals surface area (Å²) in [5, 5.41) is 3.52. The summed E-state index contributed by atoms with van der Waals surface area (Å²) in [7, 11) is 0. The van der Waals surface area contributed by atoms with Crippen LogP contribution in [0.3, 0.4) is 0 Å². The number of fused-ring (bicyclic) bond motifs is 1. The zero-order valence-electron chi connectivity index (χ0n) is 9.83. The normalized spacial score (nSPS) is 20.8. The molecule has 2 aromatic heterocycles. The average molecular weight is 215 g/mol. The number of aryl methyl sites for hydroxylation is 2. The van der Waals surface area contributed by atoms with E-state index in [0.717, 1.165) is 12.4 Å². The van der Waals surface area contributed by atoms with Gasteiger partial charge >= 0.3 is 0 Å². The molecule has 1 saturated heterocycles. The molecule has 84 valence electrons. The lowest BCUT2D eigenvalue weighted by Gasteiger charge is -2.07. The Hall–Kier alpha value is -1.35. The first-order valence-electron chi connectivity index (χ1n) is 5.94. The third-order valence-corrected chi connectivity index (χ3v) is 3.38. The molecule has 1 aliphatic rings. The lowest BCUT2D eigenvalue weighted by Crippen LogP contribution is -2.13. The van der Waals surface area contributed by atoms with Crippen molar-refractivity contribution in [2.45, 2.75) is 32.7 Å². The topological polar surface area (TPSA) is 29.3 Å². The summed E-state index contributed by atoms with van der Waals surface area (Å²) < 4.78 is 2.20. The van der Waals surface area contributed by atoms with E-state index in [0.29, 0.717) is 6.04 Å². The van der Waals surface area contributed by atoms with E-state index in [1.54, 1.807) is 0 Å². The van der Waals surface area contributed by atoms with E-state index >= 15 is 0 Å². The first-order chi connectivity index (χ1) is 7.75. The Morgan fingerprint density at radius 3 is 3.00 bits per heavy atom. The van der Waals surface area contributed by atoms with E-state index in [1.165, 1.54) is 29.6 Å². The first-order valence-corrected chi connectivity index (χ1v) is 5.94. The molecule has 0 spiro atoms. The molecule has 16 heavy (non-hydrogen) atoms. The summed E-state index contributed by atoms with van der Waals surface area (Å²) in [4.78, 5) is 4.71. The highest BCUT2D eigenvalue weighted by atomic mass is 15.1. The third-order valence-electron chi connectivity index (χ3n) is 3.38. The van der Waals surface area contributed by atoms with Gasteiger partial charge in [-0.1, -0.05) is 6.07 Å². The predicted octanol–water partition coefficient (Wildman–Crippen LogP) is 2.38. The van der Waals surface area contributed by atoms with Gasteiger partial charge in [-0.15, -0.1) is 0 Å². The Morgan fingerprint density at radius 1 is 1.38 bits per heavy atom. The lowest BCUT2D eigenvalue weighted by molar-refractivity contribution is 0.635. The third kappa shape index (κ3) is 1.43. The monoisotopic (exact) mass is 215 g/mol. The number of imidazole rings is 1. The highest BCUT2D eigenvalue weighted by Gasteiger charge is 2.21. The highest BCUT2D eigenvalue weighted by Crippen LogP contribution is 2.26. The van der Waals surface area contributed by atoms with Gasteiger partial charge in [0.1, 0.15) is 5.82 Å². The van der Waals surface area contributed by atoms with Crippen molar-refractivity contribution in [2.75, 3.05) is 6.54 Å². The number of rotatable bonds is 1. The quantitative estimate of drug-likeness (QED) is 0.791. The van der Waals surface area contributed by atoms with Crippen molar-refractivity contribution in [3.8, 4) is 0 Å². The molecule has 0 aliphatic carbocycles. The van der Waals surface area contributed by atoms with Crippen LogP contribution in [0.25, 0.3) is 5.52 Å². The molecule has 0 amide bonds. The molecule has 1 N–H and O–H groups in total. The molecule has 1 atom stereocenters. The van der Waals surface area contributed by atoms with E-state index in [4.69, 9.17) is 4.98 Å². The summed E-state index contributed by atoms with van der Waals surface area (Å²) in [5.41, 5.74) is 3.75. The van der Waals surface area contributed by atoms with E-state index in [9.17, 15) is 0 Å². The minimum Gasteiger partial charge on any atom is -0.309 e. The Labute approximate surface area is 95.5 Å². The molecule has 1 unspecified atom stereocenters. The zero-order valence-corrected chi connectivity index (χ0v) is 9.83. The number of nitrogens with one attached hydrogen (secondary N) is 1. The van der Waals surface area contributed by atoms with E-state index in [1.807, 2.05) is 0 Å². The molecular weight excluding hydrogens is 198 g/mol. The van der Waals surface area contributed by atoms with Crippen molar-refractivity contribution in [2.24, 2.45) is 0 Å². The molecule has 0 saturated carbocycles. The van der Waals surface area contributed by atoms with Crippen molar-refractivity contribution in [1.29, 1.82) is 0 Å². The first kappa shape index (κ1) is 9.85. The SMILES string of the molecule is Cc1ccc2c(C3CCCN3)nc(C)n2c1. The maximum Gasteiger partial charge on any atom is 0.110 e. The Kier molecular flexibility index (Phi) is 2.21. The van der Waals surface area contributed by atoms with E-state index in [-0.39, 0.29) is 0 Å². The fraction of sp³-hybridized carbons (Fsp3) is 0.462. The molecular formula is C13H17N3. The molecule has 0 radical (unpaired) electrons.